The Morgan fingerprint density at radius 3 is 2.78 bits per heavy atom. The van der Waals surface area contributed by atoms with Gasteiger partial charge in [0.2, 0.25) is 0 Å². The quantitative estimate of drug-likeness (QED) is 0.856. The fraction of sp³-hybridized carbons (Fsp3) is 0.167. The van der Waals surface area contributed by atoms with E-state index in [1.807, 2.05) is 24.3 Å². The summed E-state index contributed by atoms with van der Waals surface area (Å²) in [5.74, 6) is 1.32. The fourth-order valence-electron chi connectivity index (χ4n) is 1.47. The highest BCUT2D eigenvalue weighted by atomic mass is 16.5. The lowest BCUT2D eigenvalue weighted by Gasteiger charge is -1.99. The van der Waals surface area contributed by atoms with Gasteiger partial charge in [-0.25, -0.2) is 4.79 Å². The predicted molar refractivity (Wildman–Crippen MR) is 64.9 cm³/mol. The molecule has 94 valence electrons. The molecule has 0 aliphatic rings. The summed E-state index contributed by atoms with van der Waals surface area (Å²) in [7, 11) is 1.61. The topological polar surface area (TPSA) is 90.4 Å². The van der Waals surface area contributed by atoms with Gasteiger partial charge in [0.1, 0.15) is 11.4 Å². The minimum Gasteiger partial charge on any atom is -0.497 e. The molecule has 0 saturated heterocycles. The van der Waals surface area contributed by atoms with Crippen molar-refractivity contribution in [2.75, 3.05) is 7.11 Å². The molecular weight excluding hydrogens is 234 g/mol. The van der Waals surface area contributed by atoms with E-state index < -0.39 is 6.03 Å². The monoisotopic (exact) mass is 247 g/mol. The van der Waals surface area contributed by atoms with Crippen LogP contribution >= 0.6 is 0 Å². The fourth-order valence-corrected chi connectivity index (χ4v) is 1.47. The van der Waals surface area contributed by atoms with E-state index >= 15 is 0 Å². The number of methoxy groups -OCH3 is 1. The van der Waals surface area contributed by atoms with Crippen molar-refractivity contribution in [3.63, 3.8) is 0 Å². The molecule has 6 heteroatoms. The third-order valence-electron chi connectivity index (χ3n) is 2.38. The number of carbonyl (C=O) groups excluding carboxylic acids is 1. The number of nitrogens with two attached hydrogens (primary N) is 1. The molecule has 6 nitrogen and oxygen atoms in total. The highest BCUT2D eigenvalue weighted by molar-refractivity contribution is 5.71. The highest BCUT2D eigenvalue weighted by Gasteiger charge is 2.07. The van der Waals surface area contributed by atoms with E-state index in [-0.39, 0.29) is 6.54 Å². The Morgan fingerprint density at radius 2 is 2.17 bits per heavy atom. The molecule has 0 aliphatic carbocycles. The molecule has 2 amide bonds. The molecule has 1 aromatic carbocycles. The molecule has 0 aliphatic heterocycles. The summed E-state index contributed by atoms with van der Waals surface area (Å²) in [5.41, 5.74) is 6.56. The Labute approximate surface area is 104 Å². The summed E-state index contributed by atoms with van der Waals surface area (Å²) in [5, 5.41) is 6.34. The van der Waals surface area contributed by atoms with Crippen LogP contribution in [0.15, 0.2) is 34.9 Å². The van der Waals surface area contributed by atoms with E-state index in [0.29, 0.717) is 11.5 Å². The number of urea groups is 1. The van der Waals surface area contributed by atoms with Crippen molar-refractivity contribution in [1.29, 1.82) is 0 Å². The van der Waals surface area contributed by atoms with Crippen molar-refractivity contribution < 1.29 is 14.1 Å². The summed E-state index contributed by atoms with van der Waals surface area (Å²) in [6.45, 7) is 0.221. The van der Waals surface area contributed by atoms with E-state index in [1.165, 1.54) is 0 Å². The lowest BCUT2D eigenvalue weighted by Crippen LogP contribution is -2.28. The van der Waals surface area contributed by atoms with Gasteiger partial charge in [0.15, 0.2) is 5.76 Å². The predicted octanol–water partition coefficient (Wildman–Crippen LogP) is 1.52. The van der Waals surface area contributed by atoms with Gasteiger partial charge >= 0.3 is 6.03 Å². The molecule has 0 saturated carbocycles. The maximum Gasteiger partial charge on any atom is 0.312 e. The van der Waals surface area contributed by atoms with Crippen LogP contribution in [0.3, 0.4) is 0 Å². The van der Waals surface area contributed by atoms with Crippen LogP contribution in [0.1, 0.15) is 5.76 Å². The highest BCUT2D eigenvalue weighted by Crippen LogP contribution is 2.21. The Balaban J connectivity index is 2.10. The second kappa shape index (κ2) is 5.22. The second-order valence-corrected chi connectivity index (χ2v) is 3.62. The van der Waals surface area contributed by atoms with E-state index in [1.54, 1.807) is 13.2 Å². The molecule has 0 spiro atoms. The first-order valence-electron chi connectivity index (χ1n) is 5.32. The number of hydrogen-bond acceptors (Lipinski definition) is 4. The Hall–Kier alpha value is -2.50. The molecule has 1 aromatic heterocycles. The summed E-state index contributed by atoms with van der Waals surface area (Å²) >= 11 is 0. The van der Waals surface area contributed by atoms with Crippen molar-refractivity contribution in [2.24, 2.45) is 5.73 Å². The smallest absolute Gasteiger partial charge is 0.312 e. The Morgan fingerprint density at radius 1 is 1.44 bits per heavy atom. The third kappa shape index (κ3) is 2.79. The second-order valence-electron chi connectivity index (χ2n) is 3.62. The number of hydrogen-bond donors (Lipinski definition) is 2. The number of primary amides is 1. The Kier molecular flexibility index (Phi) is 3.47. The minimum atomic E-state index is -0.600. The summed E-state index contributed by atoms with van der Waals surface area (Å²) in [6, 6.07) is 8.58. The first kappa shape index (κ1) is 12.0. The summed E-state index contributed by atoms with van der Waals surface area (Å²) in [6.07, 6.45) is 0. The van der Waals surface area contributed by atoms with Gasteiger partial charge in [-0.1, -0.05) is 5.16 Å². The number of carbonyl (C=O) groups is 1. The zero-order chi connectivity index (χ0) is 13.0. The molecule has 1 heterocycles. The van der Waals surface area contributed by atoms with Gasteiger partial charge in [0.25, 0.3) is 0 Å². The van der Waals surface area contributed by atoms with Gasteiger partial charge in [0.05, 0.1) is 13.7 Å². The third-order valence-corrected chi connectivity index (χ3v) is 2.38. The average molecular weight is 247 g/mol. The van der Waals surface area contributed by atoms with Crippen molar-refractivity contribution in [3.05, 3.63) is 36.1 Å². The molecule has 0 radical (unpaired) electrons. The van der Waals surface area contributed by atoms with Crippen LogP contribution in [0.2, 0.25) is 0 Å². The molecule has 0 atom stereocenters. The maximum atomic E-state index is 10.6. The van der Waals surface area contributed by atoms with Crippen LogP contribution in [0.25, 0.3) is 11.3 Å². The van der Waals surface area contributed by atoms with Crippen LogP contribution in [0, 0.1) is 0 Å². The molecule has 0 unspecified atom stereocenters. The normalized spacial score (nSPS) is 10.1. The van der Waals surface area contributed by atoms with Crippen molar-refractivity contribution in [2.45, 2.75) is 6.54 Å². The SMILES string of the molecule is COc1ccc(-c2cc(CNC(N)=O)on2)cc1. The van der Waals surface area contributed by atoms with Crippen LogP contribution in [0.5, 0.6) is 5.75 Å². The van der Waals surface area contributed by atoms with Gasteiger partial charge in [-0.15, -0.1) is 0 Å². The van der Waals surface area contributed by atoms with Crippen LogP contribution < -0.4 is 15.8 Å². The number of nitrogens with zero attached hydrogens (tertiary/aromatic N) is 1. The van der Waals surface area contributed by atoms with Crippen LogP contribution in [-0.4, -0.2) is 18.3 Å². The lowest BCUT2D eigenvalue weighted by atomic mass is 10.1. The van der Waals surface area contributed by atoms with E-state index in [9.17, 15) is 4.79 Å². The van der Waals surface area contributed by atoms with Crippen molar-refractivity contribution in [3.8, 4) is 17.0 Å². The van der Waals surface area contributed by atoms with E-state index in [4.69, 9.17) is 15.0 Å². The number of benzene rings is 1. The zero-order valence-electron chi connectivity index (χ0n) is 9.84. The first-order chi connectivity index (χ1) is 8.69. The van der Waals surface area contributed by atoms with E-state index in [0.717, 1.165) is 11.3 Å². The number of nitrogens with one attached hydrogen (secondary N) is 1. The van der Waals surface area contributed by atoms with Gasteiger partial charge in [0, 0.05) is 11.6 Å². The molecule has 2 rings (SSSR count). The standard InChI is InChI=1S/C12H13N3O3/c1-17-9-4-2-8(3-5-9)11-6-10(18-15-11)7-14-12(13)16/h2-6H,7H2,1H3,(H3,13,14,16). The largest absolute Gasteiger partial charge is 0.497 e. The van der Waals surface area contributed by atoms with Gasteiger partial charge < -0.3 is 20.3 Å². The number of aromatic nitrogens is 1. The number of rotatable bonds is 4. The van der Waals surface area contributed by atoms with Crippen molar-refractivity contribution >= 4 is 6.03 Å². The maximum absolute atomic E-state index is 10.6. The van der Waals surface area contributed by atoms with Gasteiger partial charge in [-0.05, 0) is 24.3 Å². The van der Waals surface area contributed by atoms with Gasteiger partial charge in [-0.3, -0.25) is 0 Å². The number of amides is 2. The molecule has 0 bridgehead atoms. The first-order valence-corrected chi connectivity index (χ1v) is 5.32. The Bertz CT molecular complexity index is 534. The molecule has 0 fully saturated rings. The van der Waals surface area contributed by atoms with Gasteiger partial charge in [-0.2, -0.15) is 0 Å². The average Bonchev–Trinajstić information content (AvgIpc) is 2.85. The van der Waals surface area contributed by atoms with Crippen molar-refractivity contribution in [1.82, 2.24) is 10.5 Å². The van der Waals surface area contributed by atoms with E-state index in [2.05, 4.69) is 10.5 Å². The number of ether oxygens (including phenoxy) is 1. The molecule has 2 aromatic rings. The molecule has 3 N–H and O–H groups in total. The minimum absolute atomic E-state index is 0.221. The molecular formula is C12H13N3O3. The zero-order valence-corrected chi connectivity index (χ0v) is 9.84. The summed E-state index contributed by atoms with van der Waals surface area (Å²) in [4.78, 5) is 10.6. The lowest BCUT2D eigenvalue weighted by molar-refractivity contribution is 0.247. The van der Waals surface area contributed by atoms with Crippen LogP contribution in [-0.2, 0) is 6.54 Å². The molecule has 18 heavy (non-hydrogen) atoms. The summed E-state index contributed by atoms with van der Waals surface area (Å²) < 4.78 is 10.1. The van der Waals surface area contributed by atoms with Crippen LogP contribution in [0.4, 0.5) is 4.79 Å².